The van der Waals surface area contributed by atoms with Crippen LogP contribution in [0.25, 0.3) is 10.9 Å². The van der Waals surface area contributed by atoms with Crippen molar-refractivity contribution in [3.63, 3.8) is 0 Å². The molecule has 0 saturated carbocycles. The molecule has 0 spiro atoms. The first-order valence-electron chi connectivity index (χ1n) is 9.14. The van der Waals surface area contributed by atoms with E-state index in [1.807, 2.05) is 60.1 Å². The highest BCUT2D eigenvalue weighted by molar-refractivity contribution is 7.71. The van der Waals surface area contributed by atoms with Crippen LogP contribution in [-0.4, -0.2) is 31.8 Å². The highest BCUT2D eigenvalue weighted by Gasteiger charge is 2.16. The Labute approximate surface area is 167 Å². The number of carbonyl (C=O) groups excluding carboxylic acids is 1. The average molecular weight is 392 g/mol. The number of benzene rings is 2. The predicted molar refractivity (Wildman–Crippen MR) is 112 cm³/mol. The van der Waals surface area contributed by atoms with E-state index in [9.17, 15) is 4.79 Å². The van der Waals surface area contributed by atoms with Crippen molar-refractivity contribution < 1.29 is 4.79 Å². The molecule has 2 aromatic heterocycles. The van der Waals surface area contributed by atoms with Crippen LogP contribution >= 0.6 is 12.2 Å². The van der Waals surface area contributed by atoms with Crippen LogP contribution in [0.15, 0.2) is 60.7 Å². The Morgan fingerprint density at radius 3 is 2.64 bits per heavy atom. The summed E-state index contributed by atoms with van der Waals surface area (Å²) in [5.74, 6) is 0.721. The van der Waals surface area contributed by atoms with Gasteiger partial charge in [-0.05, 0) is 29.9 Å². The molecule has 0 saturated heterocycles. The molecular formula is C21H21N5OS. The van der Waals surface area contributed by atoms with E-state index in [1.54, 1.807) is 0 Å². The minimum atomic E-state index is -0.0936. The molecule has 28 heavy (non-hydrogen) atoms. The summed E-state index contributed by atoms with van der Waals surface area (Å²) in [5.41, 5.74) is 2.85. The Balaban J connectivity index is 1.56. The number of nitrogens with one attached hydrogen (secondary N) is 2. The summed E-state index contributed by atoms with van der Waals surface area (Å²) in [4.78, 5) is 12.9. The van der Waals surface area contributed by atoms with Crippen LogP contribution < -0.4 is 5.32 Å². The maximum absolute atomic E-state index is 12.9. The van der Waals surface area contributed by atoms with Gasteiger partial charge in [0, 0.05) is 37.5 Å². The number of aromatic amines is 1. The molecular weight excluding hydrogens is 370 g/mol. The fourth-order valence-corrected chi connectivity index (χ4v) is 3.47. The van der Waals surface area contributed by atoms with Crippen LogP contribution in [0.5, 0.6) is 0 Å². The first-order chi connectivity index (χ1) is 13.6. The molecule has 4 aromatic rings. The van der Waals surface area contributed by atoms with Crippen LogP contribution in [-0.2, 0) is 20.0 Å². The zero-order chi connectivity index (χ0) is 19.5. The molecule has 0 bridgehead atoms. The van der Waals surface area contributed by atoms with Crippen LogP contribution in [0, 0.1) is 4.77 Å². The molecule has 0 radical (unpaired) electrons. The number of hydrogen-bond donors (Lipinski definition) is 2. The normalized spacial score (nSPS) is 11.0. The van der Waals surface area contributed by atoms with Crippen molar-refractivity contribution in [3.8, 4) is 0 Å². The highest BCUT2D eigenvalue weighted by Crippen LogP contribution is 2.21. The van der Waals surface area contributed by atoms with Crippen molar-refractivity contribution in [3.05, 3.63) is 82.5 Å². The van der Waals surface area contributed by atoms with Crippen molar-refractivity contribution >= 4 is 29.0 Å². The van der Waals surface area contributed by atoms with Gasteiger partial charge < -0.3 is 14.5 Å². The van der Waals surface area contributed by atoms with Gasteiger partial charge in [0.05, 0.1) is 0 Å². The van der Waals surface area contributed by atoms with Gasteiger partial charge in [0.15, 0.2) is 4.77 Å². The SMILES string of the molecule is Cn1c(CCNC(=O)c2cc3ccccc3n2Cc2ccccc2)n[nH]c1=S. The van der Waals surface area contributed by atoms with E-state index in [0.717, 1.165) is 22.3 Å². The van der Waals surface area contributed by atoms with E-state index < -0.39 is 0 Å². The summed E-state index contributed by atoms with van der Waals surface area (Å²) in [7, 11) is 1.86. The Morgan fingerprint density at radius 1 is 1.14 bits per heavy atom. The summed E-state index contributed by atoms with van der Waals surface area (Å²) in [6.07, 6.45) is 0.605. The fraction of sp³-hybridized carbons (Fsp3) is 0.190. The molecule has 2 heterocycles. The first-order valence-corrected chi connectivity index (χ1v) is 9.55. The molecule has 0 atom stereocenters. The van der Waals surface area contributed by atoms with Gasteiger partial charge in [0.1, 0.15) is 11.5 Å². The summed E-state index contributed by atoms with van der Waals surface area (Å²) in [6.45, 7) is 1.13. The second kappa shape index (κ2) is 7.82. The Bertz CT molecular complexity index is 1170. The molecule has 2 N–H and O–H groups in total. The third kappa shape index (κ3) is 3.61. The van der Waals surface area contributed by atoms with Gasteiger partial charge in [-0.3, -0.25) is 9.89 Å². The quantitative estimate of drug-likeness (QED) is 0.495. The Morgan fingerprint density at radius 2 is 1.89 bits per heavy atom. The summed E-state index contributed by atoms with van der Waals surface area (Å²) >= 11 is 5.12. The lowest BCUT2D eigenvalue weighted by molar-refractivity contribution is 0.0945. The Hall–Kier alpha value is -3.19. The molecule has 4 rings (SSSR count). The van der Waals surface area contributed by atoms with Crippen LogP contribution in [0.3, 0.4) is 0 Å². The number of fused-ring (bicyclic) bond motifs is 1. The second-order valence-corrected chi connectivity index (χ2v) is 7.06. The molecule has 0 aliphatic heterocycles. The van der Waals surface area contributed by atoms with Crippen molar-refractivity contribution in [2.45, 2.75) is 13.0 Å². The topological polar surface area (TPSA) is 67.6 Å². The fourth-order valence-electron chi connectivity index (χ4n) is 3.32. The smallest absolute Gasteiger partial charge is 0.267 e. The van der Waals surface area contributed by atoms with Gasteiger partial charge >= 0.3 is 0 Å². The summed E-state index contributed by atoms with van der Waals surface area (Å²) < 4.78 is 4.45. The van der Waals surface area contributed by atoms with E-state index in [-0.39, 0.29) is 5.91 Å². The van der Waals surface area contributed by atoms with Gasteiger partial charge in [-0.25, -0.2) is 0 Å². The average Bonchev–Trinajstić information content (AvgIpc) is 3.24. The number of para-hydroxylation sites is 1. The van der Waals surface area contributed by atoms with Crippen molar-refractivity contribution in [1.29, 1.82) is 0 Å². The van der Waals surface area contributed by atoms with Gasteiger partial charge in [-0.15, -0.1) is 0 Å². The molecule has 0 aliphatic carbocycles. The number of nitrogens with zero attached hydrogens (tertiary/aromatic N) is 3. The third-order valence-corrected chi connectivity index (χ3v) is 5.20. The molecule has 0 aliphatic rings. The van der Waals surface area contributed by atoms with Gasteiger partial charge in [-0.1, -0.05) is 48.5 Å². The van der Waals surface area contributed by atoms with E-state index in [0.29, 0.717) is 30.0 Å². The zero-order valence-electron chi connectivity index (χ0n) is 15.6. The van der Waals surface area contributed by atoms with Crippen LogP contribution in [0.4, 0.5) is 0 Å². The van der Waals surface area contributed by atoms with E-state index in [4.69, 9.17) is 12.2 Å². The largest absolute Gasteiger partial charge is 0.350 e. The minimum absolute atomic E-state index is 0.0936. The summed E-state index contributed by atoms with van der Waals surface area (Å²) in [5, 5.41) is 11.0. The maximum Gasteiger partial charge on any atom is 0.267 e. The highest BCUT2D eigenvalue weighted by atomic mass is 32.1. The molecule has 0 unspecified atom stereocenters. The van der Waals surface area contributed by atoms with Gasteiger partial charge in [0.2, 0.25) is 0 Å². The number of carbonyl (C=O) groups is 1. The van der Waals surface area contributed by atoms with Crippen molar-refractivity contribution in [2.24, 2.45) is 7.05 Å². The molecule has 142 valence electrons. The maximum atomic E-state index is 12.9. The van der Waals surface area contributed by atoms with Crippen molar-refractivity contribution in [2.75, 3.05) is 6.54 Å². The second-order valence-electron chi connectivity index (χ2n) is 6.67. The number of H-pyrrole nitrogens is 1. The number of amides is 1. The van der Waals surface area contributed by atoms with E-state index in [2.05, 4.69) is 32.2 Å². The molecule has 2 aromatic carbocycles. The lowest BCUT2D eigenvalue weighted by Crippen LogP contribution is -2.28. The minimum Gasteiger partial charge on any atom is -0.350 e. The zero-order valence-corrected chi connectivity index (χ0v) is 16.4. The number of rotatable bonds is 6. The number of hydrogen-bond acceptors (Lipinski definition) is 3. The van der Waals surface area contributed by atoms with Gasteiger partial charge in [-0.2, -0.15) is 5.10 Å². The van der Waals surface area contributed by atoms with Crippen LogP contribution in [0.2, 0.25) is 0 Å². The lowest BCUT2D eigenvalue weighted by atomic mass is 10.2. The van der Waals surface area contributed by atoms with E-state index in [1.165, 1.54) is 0 Å². The first kappa shape index (κ1) is 18.2. The lowest BCUT2D eigenvalue weighted by Gasteiger charge is -2.11. The standard InChI is InChI=1S/C21H21N5OS/c1-25-19(23-24-21(25)28)11-12-22-20(27)18-13-16-9-5-6-10-17(16)26(18)14-15-7-3-2-4-8-15/h2-10,13H,11-12,14H2,1H3,(H,22,27)(H,24,28). The molecule has 1 amide bonds. The monoisotopic (exact) mass is 391 g/mol. The van der Waals surface area contributed by atoms with Crippen LogP contribution in [0.1, 0.15) is 21.9 Å². The predicted octanol–water partition coefficient (Wildman–Crippen LogP) is 3.45. The van der Waals surface area contributed by atoms with E-state index >= 15 is 0 Å². The molecule has 7 heteroatoms. The van der Waals surface area contributed by atoms with Crippen molar-refractivity contribution in [1.82, 2.24) is 24.6 Å². The van der Waals surface area contributed by atoms with Gasteiger partial charge in [0.25, 0.3) is 5.91 Å². The third-order valence-electron chi connectivity index (χ3n) is 4.83. The molecule has 0 fully saturated rings. The number of aromatic nitrogens is 4. The summed E-state index contributed by atoms with van der Waals surface area (Å²) in [6, 6.07) is 20.2. The Kier molecular flexibility index (Phi) is 5.08. The molecule has 6 nitrogen and oxygen atoms in total.